The van der Waals surface area contributed by atoms with Crippen LogP contribution in [-0.4, -0.2) is 34.5 Å². The van der Waals surface area contributed by atoms with E-state index in [9.17, 15) is 5.11 Å². The maximum Gasteiger partial charge on any atom is 0.284 e. The van der Waals surface area contributed by atoms with E-state index in [1.165, 1.54) is 6.92 Å². The summed E-state index contributed by atoms with van der Waals surface area (Å²) in [4.78, 5) is 6.33. The molecule has 22 heavy (non-hydrogen) atoms. The van der Waals surface area contributed by atoms with Gasteiger partial charge in [-0.05, 0) is 24.3 Å². The number of rotatable bonds is 5. The predicted molar refractivity (Wildman–Crippen MR) is 80.9 cm³/mol. The van der Waals surface area contributed by atoms with Crippen molar-refractivity contribution in [3.63, 3.8) is 0 Å². The largest absolute Gasteiger partial charge is 0.876 e. The Morgan fingerprint density at radius 2 is 2.00 bits per heavy atom. The Bertz CT molecular complexity index is 574. The number of ether oxygens (including phenoxy) is 1. The van der Waals surface area contributed by atoms with E-state index in [4.69, 9.17) is 14.9 Å². The van der Waals surface area contributed by atoms with E-state index in [0.717, 1.165) is 17.1 Å². The van der Waals surface area contributed by atoms with Crippen LogP contribution in [0.15, 0.2) is 42.8 Å². The number of benzene rings is 1. The third-order valence-electron chi connectivity index (χ3n) is 2.55. The molecule has 1 atom stereocenters. The van der Waals surface area contributed by atoms with Crippen LogP contribution in [0.3, 0.4) is 0 Å². The molecule has 2 aromatic rings. The van der Waals surface area contributed by atoms with Crippen molar-refractivity contribution in [3.05, 3.63) is 48.5 Å². The number of hydrogen-bond donors (Lipinski definition) is 3. The van der Waals surface area contributed by atoms with E-state index in [1.54, 1.807) is 0 Å². The van der Waals surface area contributed by atoms with E-state index >= 15 is 0 Å². The lowest BCUT2D eigenvalue weighted by atomic mass is 10.2. The minimum absolute atomic E-state index is 0.0833. The number of aryl methyl sites for hydroxylation is 1. The highest BCUT2D eigenvalue weighted by atomic mass is 16.5. The molecule has 0 amide bonds. The van der Waals surface area contributed by atoms with Gasteiger partial charge < -0.3 is 20.1 Å². The second-order valence-electron chi connectivity index (χ2n) is 4.85. The summed E-state index contributed by atoms with van der Waals surface area (Å²) in [5, 5.41) is 27.2. The number of H-pyrrole nitrogens is 2. The van der Waals surface area contributed by atoms with E-state index in [2.05, 4.69) is 16.5 Å². The number of aromatic nitrogens is 2. The first-order valence-electron chi connectivity index (χ1n) is 6.84. The summed E-state index contributed by atoms with van der Waals surface area (Å²) in [5.41, 5.74) is 2.09. The molecule has 0 bridgehead atoms. The lowest BCUT2D eigenvalue weighted by molar-refractivity contribution is -0.362. The van der Waals surface area contributed by atoms with Crippen molar-refractivity contribution in [1.82, 2.24) is 4.98 Å². The Morgan fingerprint density at radius 3 is 2.45 bits per heavy atom. The fraction of sp³-hybridized carbons (Fsp3) is 0.312. The molecule has 1 aromatic carbocycles. The molecule has 6 heteroatoms. The first-order valence-corrected chi connectivity index (χ1v) is 6.84. The predicted octanol–water partition coefficient (Wildman–Crippen LogP) is 0.417. The van der Waals surface area contributed by atoms with Gasteiger partial charge in [0.05, 0.1) is 12.2 Å². The van der Waals surface area contributed by atoms with Crippen LogP contribution in [0.4, 0.5) is 0 Å². The topological polar surface area (TPSA) is 103 Å². The van der Waals surface area contributed by atoms with Gasteiger partial charge in [0, 0.05) is 6.92 Å². The summed E-state index contributed by atoms with van der Waals surface area (Å²) in [7, 11) is 0. The van der Waals surface area contributed by atoms with E-state index in [1.807, 2.05) is 37.4 Å². The second-order valence-corrected chi connectivity index (χ2v) is 4.85. The van der Waals surface area contributed by atoms with Crippen LogP contribution in [0, 0.1) is 6.92 Å². The number of nitrogens with one attached hydrogen (secondary N) is 2. The van der Waals surface area contributed by atoms with Gasteiger partial charge in [0.1, 0.15) is 30.4 Å². The molecule has 0 radical (unpaired) electrons. The summed E-state index contributed by atoms with van der Waals surface area (Å²) in [6.07, 6.45) is 1.06. The van der Waals surface area contributed by atoms with Crippen molar-refractivity contribution in [2.24, 2.45) is 0 Å². The molecule has 0 fully saturated rings. The van der Waals surface area contributed by atoms with Crippen molar-refractivity contribution < 1.29 is 25.0 Å². The van der Waals surface area contributed by atoms with Crippen LogP contribution < -0.4 is 14.8 Å². The van der Waals surface area contributed by atoms with Crippen LogP contribution in [0.5, 0.6) is 5.75 Å². The van der Waals surface area contributed by atoms with Gasteiger partial charge in [-0.25, -0.2) is 9.97 Å². The molecule has 2 rings (SSSR count). The number of aliphatic hydroxyl groups excluding tert-OH is 2. The summed E-state index contributed by atoms with van der Waals surface area (Å²) < 4.78 is 5.32. The molecule has 0 spiro atoms. The Labute approximate surface area is 129 Å². The molecule has 0 saturated carbocycles. The summed E-state index contributed by atoms with van der Waals surface area (Å²) in [6.45, 7) is 6.19. The maximum absolute atomic E-state index is 9.33. The molecule has 6 nitrogen and oxygen atoms in total. The summed E-state index contributed by atoms with van der Waals surface area (Å²) in [6, 6.07) is 7.48. The van der Waals surface area contributed by atoms with Crippen molar-refractivity contribution in [3.8, 4) is 17.1 Å². The molecule has 0 aliphatic rings. The monoisotopic (exact) mass is 306 g/mol. The third-order valence-corrected chi connectivity index (χ3v) is 2.55. The molecule has 0 aliphatic carbocycles. The van der Waals surface area contributed by atoms with Crippen LogP contribution in [0.1, 0.15) is 12.6 Å². The molecule has 0 aliphatic heterocycles. The number of aliphatic hydroxyl groups is 2. The van der Waals surface area contributed by atoms with E-state index in [0.29, 0.717) is 5.75 Å². The molecule has 1 aromatic heterocycles. The number of aromatic amines is 2. The van der Waals surface area contributed by atoms with Crippen molar-refractivity contribution in [2.45, 2.75) is 20.0 Å². The highest BCUT2D eigenvalue weighted by molar-refractivity contribution is 5.53. The molecular formula is C16H22N2O4. The first kappa shape index (κ1) is 17.7. The van der Waals surface area contributed by atoms with Gasteiger partial charge in [-0.3, -0.25) is 0 Å². The van der Waals surface area contributed by atoms with Gasteiger partial charge in [-0.2, -0.15) is 0 Å². The average molecular weight is 306 g/mol. The maximum atomic E-state index is 9.33. The van der Waals surface area contributed by atoms with Crippen LogP contribution in [0.25, 0.3) is 11.4 Å². The summed E-state index contributed by atoms with van der Waals surface area (Å²) in [5.74, 6) is 1.52. The summed E-state index contributed by atoms with van der Waals surface area (Å²) >= 11 is 0. The molecule has 120 valence electrons. The van der Waals surface area contributed by atoms with Crippen LogP contribution >= 0.6 is 0 Å². The van der Waals surface area contributed by atoms with Gasteiger partial charge >= 0.3 is 0 Å². The van der Waals surface area contributed by atoms with E-state index in [-0.39, 0.29) is 19.0 Å². The number of allylic oxidation sites excluding steroid dienone is 1. The molecule has 1 unspecified atom stereocenters. The van der Waals surface area contributed by atoms with Gasteiger partial charge in [0.15, 0.2) is 0 Å². The Morgan fingerprint density at radius 1 is 1.41 bits per heavy atom. The molecular weight excluding hydrogens is 284 g/mol. The Kier molecular flexibility index (Phi) is 7.15. The van der Waals surface area contributed by atoms with Crippen LogP contribution in [-0.2, 0) is 0 Å². The fourth-order valence-corrected chi connectivity index (χ4v) is 1.57. The van der Waals surface area contributed by atoms with Crippen molar-refractivity contribution >= 4 is 0 Å². The lowest BCUT2D eigenvalue weighted by Crippen LogP contribution is -2.21. The van der Waals surface area contributed by atoms with Crippen molar-refractivity contribution in [1.29, 1.82) is 0 Å². The normalized spacial score (nSPS) is 11.3. The fourth-order valence-electron chi connectivity index (χ4n) is 1.57. The van der Waals surface area contributed by atoms with E-state index < -0.39 is 6.10 Å². The zero-order valence-electron chi connectivity index (χ0n) is 12.8. The number of imidazole rings is 1. The van der Waals surface area contributed by atoms with Crippen LogP contribution in [0.2, 0.25) is 0 Å². The first-order chi connectivity index (χ1) is 10.4. The second kappa shape index (κ2) is 8.86. The smallest absolute Gasteiger partial charge is 0.284 e. The Balaban J connectivity index is 0.000000541. The quantitative estimate of drug-likeness (QED) is 0.696. The molecule has 4 N–H and O–H groups in total. The average Bonchev–Trinajstić information content (AvgIpc) is 2.91. The number of hydrogen-bond acceptors (Lipinski definition) is 4. The zero-order valence-corrected chi connectivity index (χ0v) is 12.8. The Hall–Kier alpha value is -2.31. The zero-order chi connectivity index (χ0) is 16.5. The van der Waals surface area contributed by atoms with Gasteiger partial charge in [-0.1, -0.05) is 6.92 Å². The minimum atomic E-state index is -0.843. The highest BCUT2D eigenvalue weighted by Gasteiger charge is 2.08. The molecule has 1 heterocycles. The highest BCUT2D eigenvalue weighted by Crippen LogP contribution is 2.18. The lowest BCUT2D eigenvalue weighted by Gasteiger charge is -2.09. The van der Waals surface area contributed by atoms with Crippen molar-refractivity contribution in [2.75, 3.05) is 13.2 Å². The molecule has 0 saturated heterocycles. The van der Waals surface area contributed by atoms with Gasteiger partial charge in [0.25, 0.3) is 5.82 Å². The third kappa shape index (κ3) is 6.43. The SMILES string of the molecule is C=C(C)[O-].Cc1c[nH+]c(-c2ccc(OCC(O)CO)cc2)[nH]1. The standard InChI is InChI=1S/C13H16N2O3.C3H6O/c1-9-6-14-13(15-9)10-2-4-12(5-3-10)18-8-11(17)7-16;1-3(2)4/h2-6,11,16-17H,7-8H2,1H3,(H,14,15);4H,1H2,2H3. The van der Waals surface area contributed by atoms with Gasteiger partial charge in [0.2, 0.25) is 0 Å². The minimum Gasteiger partial charge on any atom is -0.876 e. The van der Waals surface area contributed by atoms with Gasteiger partial charge in [-0.15, -0.1) is 12.3 Å².